The number of hydrogen-bond acceptors (Lipinski definition) is 4. The molecule has 0 aliphatic rings. The molecule has 0 spiro atoms. The van der Waals surface area contributed by atoms with Gasteiger partial charge in [-0.15, -0.1) is 0 Å². The van der Waals surface area contributed by atoms with Crippen LogP contribution in [-0.2, 0) is 20.2 Å². The van der Waals surface area contributed by atoms with Crippen LogP contribution in [0, 0.1) is 0 Å². The Morgan fingerprint density at radius 2 is 2.00 bits per heavy atom. The van der Waals surface area contributed by atoms with E-state index in [0.717, 1.165) is 0 Å². The first-order valence-corrected chi connectivity index (χ1v) is 9.03. The highest BCUT2D eigenvalue weighted by molar-refractivity contribution is 8.13. The van der Waals surface area contributed by atoms with E-state index in [9.17, 15) is 13.2 Å². The van der Waals surface area contributed by atoms with Crippen molar-refractivity contribution < 1.29 is 17.9 Å². The maximum Gasteiger partial charge on any atom is 0.261 e. The van der Waals surface area contributed by atoms with E-state index < -0.39 is 9.05 Å². The monoisotopic (exact) mass is 333 g/mol. The van der Waals surface area contributed by atoms with E-state index in [1.54, 1.807) is 19.2 Å². The molecule has 0 heterocycles. The summed E-state index contributed by atoms with van der Waals surface area (Å²) in [6, 6.07) is 4.57. The molecule has 0 bridgehead atoms. The van der Waals surface area contributed by atoms with Crippen LogP contribution in [0.2, 0.25) is 0 Å². The fourth-order valence-corrected chi connectivity index (χ4v) is 3.10. The largest absolute Gasteiger partial charge is 0.380 e. The SMILES string of the molecule is CCOCCN(C)C(=O)c1ccc(CC)c(S(=O)(=O)Cl)c1. The molecule has 21 heavy (non-hydrogen) atoms. The normalized spacial score (nSPS) is 11.4. The van der Waals surface area contributed by atoms with Gasteiger partial charge < -0.3 is 9.64 Å². The lowest BCUT2D eigenvalue weighted by Gasteiger charge is -2.17. The van der Waals surface area contributed by atoms with Crippen LogP contribution >= 0.6 is 10.7 Å². The summed E-state index contributed by atoms with van der Waals surface area (Å²) in [6.07, 6.45) is 0.524. The molecule has 0 aliphatic carbocycles. The number of amides is 1. The molecule has 1 aromatic carbocycles. The fraction of sp³-hybridized carbons (Fsp3) is 0.500. The minimum absolute atomic E-state index is 0.00396. The second kappa shape index (κ2) is 7.77. The first-order valence-electron chi connectivity index (χ1n) is 6.72. The number of aryl methyl sites for hydroxylation is 1. The first-order chi connectivity index (χ1) is 9.81. The molecule has 0 N–H and O–H groups in total. The Hall–Kier alpha value is -1.11. The van der Waals surface area contributed by atoms with Gasteiger partial charge in [-0.05, 0) is 31.0 Å². The molecule has 5 nitrogen and oxygen atoms in total. The zero-order valence-electron chi connectivity index (χ0n) is 12.4. The average Bonchev–Trinajstić information content (AvgIpc) is 2.45. The quantitative estimate of drug-likeness (QED) is 0.567. The van der Waals surface area contributed by atoms with Gasteiger partial charge in [0.15, 0.2) is 0 Å². The van der Waals surface area contributed by atoms with Gasteiger partial charge in [0.1, 0.15) is 0 Å². The van der Waals surface area contributed by atoms with E-state index >= 15 is 0 Å². The summed E-state index contributed by atoms with van der Waals surface area (Å²) in [6.45, 7) is 5.17. The number of rotatable bonds is 7. The van der Waals surface area contributed by atoms with Gasteiger partial charge in [-0.2, -0.15) is 0 Å². The third-order valence-corrected chi connectivity index (χ3v) is 4.48. The number of carbonyl (C=O) groups is 1. The van der Waals surface area contributed by atoms with Gasteiger partial charge in [-0.3, -0.25) is 4.79 Å². The van der Waals surface area contributed by atoms with Crippen molar-refractivity contribution in [2.24, 2.45) is 0 Å². The fourth-order valence-electron chi connectivity index (χ4n) is 1.87. The Balaban J connectivity index is 3.01. The number of nitrogens with zero attached hydrogens (tertiary/aromatic N) is 1. The summed E-state index contributed by atoms with van der Waals surface area (Å²) in [5, 5.41) is 0. The Bertz CT molecular complexity index is 601. The van der Waals surface area contributed by atoms with E-state index in [4.69, 9.17) is 15.4 Å². The molecule has 1 rings (SSSR count). The molecule has 0 saturated carbocycles. The van der Waals surface area contributed by atoms with E-state index in [2.05, 4.69) is 0 Å². The topological polar surface area (TPSA) is 63.7 Å². The predicted molar refractivity (Wildman–Crippen MR) is 82.3 cm³/mol. The molecule has 118 valence electrons. The Morgan fingerprint density at radius 3 is 2.52 bits per heavy atom. The van der Waals surface area contributed by atoms with Crippen LogP contribution in [0.15, 0.2) is 23.1 Å². The molecule has 0 aliphatic heterocycles. The number of carbonyl (C=O) groups excluding carboxylic acids is 1. The standard InChI is InChI=1S/C14H20ClNO4S/c1-4-11-6-7-12(10-13(11)21(15,18)19)14(17)16(3)8-9-20-5-2/h6-7,10H,4-5,8-9H2,1-3H3. The smallest absolute Gasteiger partial charge is 0.261 e. The van der Waals surface area contributed by atoms with Gasteiger partial charge in [-0.25, -0.2) is 8.42 Å². The van der Waals surface area contributed by atoms with Crippen molar-refractivity contribution in [2.45, 2.75) is 25.2 Å². The molecule has 1 amide bonds. The first kappa shape index (κ1) is 17.9. The number of hydrogen-bond donors (Lipinski definition) is 0. The lowest BCUT2D eigenvalue weighted by molar-refractivity contribution is 0.0709. The van der Waals surface area contributed by atoms with Crippen LogP contribution in [0.3, 0.4) is 0 Å². The Morgan fingerprint density at radius 1 is 1.33 bits per heavy atom. The van der Waals surface area contributed by atoms with Gasteiger partial charge in [0, 0.05) is 36.4 Å². The van der Waals surface area contributed by atoms with Crippen LogP contribution in [0.25, 0.3) is 0 Å². The van der Waals surface area contributed by atoms with Crippen molar-refractivity contribution in [3.63, 3.8) is 0 Å². The molecule has 0 aromatic heterocycles. The van der Waals surface area contributed by atoms with Crippen LogP contribution in [0.5, 0.6) is 0 Å². The summed E-state index contributed by atoms with van der Waals surface area (Å²) in [5.74, 6) is -0.265. The van der Waals surface area contributed by atoms with Gasteiger partial charge in [0.2, 0.25) is 0 Å². The van der Waals surface area contributed by atoms with Crippen molar-refractivity contribution in [3.8, 4) is 0 Å². The minimum atomic E-state index is -3.87. The lowest BCUT2D eigenvalue weighted by Crippen LogP contribution is -2.30. The molecule has 0 radical (unpaired) electrons. The van der Waals surface area contributed by atoms with Crippen molar-refractivity contribution in [1.29, 1.82) is 0 Å². The van der Waals surface area contributed by atoms with Gasteiger partial charge in [-0.1, -0.05) is 13.0 Å². The summed E-state index contributed by atoms with van der Waals surface area (Å²) in [4.78, 5) is 13.7. The predicted octanol–water partition coefficient (Wildman–Crippen LogP) is 2.29. The number of likely N-dealkylation sites (N-methyl/N-ethyl adjacent to an activating group) is 1. The zero-order valence-corrected chi connectivity index (χ0v) is 14.0. The van der Waals surface area contributed by atoms with Crippen molar-refractivity contribution in [2.75, 3.05) is 26.8 Å². The highest BCUT2D eigenvalue weighted by atomic mass is 35.7. The third-order valence-electron chi connectivity index (χ3n) is 3.08. The van der Waals surface area contributed by atoms with Crippen LogP contribution in [0.4, 0.5) is 0 Å². The van der Waals surface area contributed by atoms with Crippen LogP contribution in [-0.4, -0.2) is 46.0 Å². The highest BCUT2D eigenvalue weighted by Gasteiger charge is 2.19. The molecular weight excluding hydrogens is 314 g/mol. The number of ether oxygens (including phenoxy) is 1. The second-order valence-corrected chi connectivity index (χ2v) is 7.07. The molecule has 0 saturated heterocycles. The van der Waals surface area contributed by atoms with Gasteiger partial charge in [0.05, 0.1) is 11.5 Å². The molecule has 0 fully saturated rings. The summed E-state index contributed by atoms with van der Waals surface area (Å²) >= 11 is 0. The number of halogens is 1. The van der Waals surface area contributed by atoms with Gasteiger partial charge in [0.25, 0.3) is 15.0 Å². The Kier molecular flexibility index (Phi) is 6.64. The minimum Gasteiger partial charge on any atom is -0.380 e. The Labute approximate surface area is 130 Å². The zero-order chi connectivity index (χ0) is 16.0. The summed E-state index contributed by atoms with van der Waals surface area (Å²) in [7, 11) is 3.20. The van der Waals surface area contributed by atoms with E-state index in [1.807, 2.05) is 13.8 Å². The third kappa shape index (κ3) is 4.98. The molecular formula is C14H20ClNO4S. The van der Waals surface area contributed by atoms with E-state index in [-0.39, 0.29) is 10.8 Å². The number of benzene rings is 1. The maximum absolute atomic E-state index is 12.3. The lowest BCUT2D eigenvalue weighted by atomic mass is 10.1. The average molecular weight is 334 g/mol. The second-order valence-electron chi connectivity index (χ2n) is 4.54. The molecule has 7 heteroatoms. The highest BCUT2D eigenvalue weighted by Crippen LogP contribution is 2.22. The van der Waals surface area contributed by atoms with Gasteiger partial charge >= 0.3 is 0 Å². The van der Waals surface area contributed by atoms with E-state index in [1.165, 1.54) is 11.0 Å². The van der Waals surface area contributed by atoms with Crippen LogP contribution in [0.1, 0.15) is 29.8 Å². The van der Waals surface area contributed by atoms with Crippen molar-refractivity contribution in [3.05, 3.63) is 29.3 Å². The molecule has 0 unspecified atom stereocenters. The van der Waals surface area contributed by atoms with E-state index in [0.29, 0.717) is 37.3 Å². The van der Waals surface area contributed by atoms with Crippen molar-refractivity contribution >= 4 is 25.6 Å². The summed E-state index contributed by atoms with van der Waals surface area (Å²) < 4.78 is 28.4. The van der Waals surface area contributed by atoms with Crippen LogP contribution < -0.4 is 0 Å². The summed E-state index contributed by atoms with van der Waals surface area (Å²) in [5.41, 5.74) is 0.893. The van der Waals surface area contributed by atoms with Crippen molar-refractivity contribution in [1.82, 2.24) is 4.90 Å². The maximum atomic E-state index is 12.3. The molecule has 0 atom stereocenters. The molecule has 1 aromatic rings.